The van der Waals surface area contributed by atoms with Crippen LogP contribution in [0, 0.1) is 11.8 Å². The summed E-state index contributed by atoms with van der Waals surface area (Å²) in [6.45, 7) is 0.124. The number of carbonyl (C=O) groups is 3. The van der Waals surface area contributed by atoms with Gasteiger partial charge < -0.3 is 10.0 Å². The standard InChI is InChI=1S/C29H29N3O4/c1-31(2)22-15-13-21(14-16-22)25-23-24(27(34)32(26(23)33)18-20-11-7-4-8-12-20)29(30-25,28(35)36)17-19-9-5-3-6-10-19/h3-16,23-25,30H,17-18H2,1-2H3,(H,35,36). The summed E-state index contributed by atoms with van der Waals surface area (Å²) in [7, 11) is 3.88. The normalized spacial score (nSPS) is 25.2. The first-order valence-electron chi connectivity index (χ1n) is 12.0. The lowest BCUT2D eigenvalue weighted by Gasteiger charge is -2.31. The Morgan fingerprint density at radius 1 is 0.889 bits per heavy atom. The molecule has 2 aliphatic rings. The highest BCUT2D eigenvalue weighted by atomic mass is 16.4. The number of imide groups is 1. The molecule has 7 heteroatoms. The van der Waals surface area contributed by atoms with Gasteiger partial charge in [0, 0.05) is 32.2 Å². The fraction of sp³-hybridized carbons (Fsp3) is 0.276. The van der Waals surface area contributed by atoms with Crippen LogP contribution in [0.3, 0.4) is 0 Å². The number of aliphatic carboxylic acids is 1. The number of benzene rings is 3. The molecule has 4 unspecified atom stereocenters. The Morgan fingerprint density at radius 2 is 1.47 bits per heavy atom. The molecule has 0 radical (unpaired) electrons. The molecule has 4 atom stereocenters. The minimum absolute atomic E-state index is 0.0921. The second kappa shape index (κ2) is 9.24. The van der Waals surface area contributed by atoms with E-state index in [-0.39, 0.29) is 18.9 Å². The first-order valence-corrected chi connectivity index (χ1v) is 12.0. The van der Waals surface area contributed by atoms with Gasteiger partial charge in [-0.05, 0) is 28.8 Å². The molecule has 0 aromatic heterocycles. The Kier molecular flexibility index (Phi) is 6.10. The first-order chi connectivity index (χ1) is 17.3. The molecule has 3 aromatic carbocycles. The molecule has 2 heterocycles. The number of carboxylic acids is 1. The molecule has 3 aromatic rings. The highest BCUT2D eigenvalue weighted by molar-refractivity contribution is 6.09. The smallest absolute Gasteiger partial charge is 0.325 e. The van der Waals surface area contributed by atoms with Crippen LogP contribution in [0.1, 0.15) is 22.7 Å². The van der Waals surface area contributed by atoms with Crippen molar-refractivity contribution in [1.82, 2.24) is 10.2 Å². The molecule has 0 spiro atoms. The Bertz CT molecular complexity index is 1280. The molecule has 2 saturated heterocycles. The van der Waals surface area contributed by atoms with E-state index in [2.05, 4.69) is 5.32 Å². The van der Waals surface area contributed by atoms with Crippen molar-refractivity contribution in [2.45, 2.75) is 24.5 Å². The number of carbonyl (C=O) groups excluding carboxylic acids is 2. The lowest BCUT2D eigenvalue weighted by Crippen LogP contribution is -2.57. The summed E-state index contributed by atoms with van der Waals surface area (Å²) < 4.78 is 0. The largest absolute Gasteiger partial charge is 0.480 e. The highest BCUT2D eigenvalue weighted by Gasteiger charge is 2.68. The third-order valence-corrected chi connectivity index (χ3v) is 7.41. The SMILES string of the molecule is CN(C)c1ccc(C2NC(Cc3ccccc3)(C(=O)O)C3C(=O)N(Cc4ccccc4)C(=O)C23)cc1. The summed E-state index contributed by atoms with van der Waals surface area (Å²) in [4.78, 5) is 43.8. The Labute approximate surface area is 210 Å². The summed E-state index contributed by atoms with van der Waals surface area (Å²) in [5.41, 5.74) is 1.77. The van der Waals surface area contributed by atoms with E-state index in [1.807, 2.05) is 104 Å². The number of hydrogen-bond acceptors (Lipinski definition) is 5. The summed E-state index contributed by atoms with van der Waals surface area (Å²) in [6.07, 6.45) is 0.0921. The molecule has 36 heavy (non-hydrogen) atoms. The fourth-order valence-corrected chi connectivity index (χ4v) is 5.60. The molecule has 2 aliphatic heterocycles. The minimum atomic E-state index is -1.62. The molecule has 0 aliphatic carbocycles. The predicted molar refractivity (Wildman–Crippen MR) is 136 cm³/mol. The van der Waals surface area contributed by atoms with Crippen molar-refractivity contribution >= 4 is 23.5 Å². The maximum absolute atomic E-state index is 13.8. The van der Waals surface area contributed by atoms with Gasteiger partial charge in [0.2, 0.25) is 11.8 Å². The number of anilines is 1. The second-order valence-corrected chi connectivity index (χ2v) is 9.80. The lowest BCUT2D eigenvalue weighted by atomic mass is 9.76. The van der Waals surface area contributed by atoms with Gasteiger partial charge in [0.25, 0.3) is 0 Å². The number of carboxylic acid groups (broad SMARTS) is 1. The van der Waals surface area contributed by atoms with E-state index in [0.29, 0.717) is 0 Å². The van der Waals surface area contributed by atoms with Gasteiger partial charge >= 0.3 is 5.97 Å². The third kappa shape index (κ3) is 3.95. The van der Waals surface area contributed by atoms with Crippen LogP contribution in [0.15, 0.2) is 84.9 Å². The van der Waals surface area contributed by atoms with Crippen molar-refractivity contribution < 1.29 is 19.5 Å². The topological polar surface area (TPSA) is 90.0 Å². The Balaban J connectivity index is 1.59. The average Bonchev–Trinajstić information content (AvgIpc) is 3.35. The van der Waals surface area contributed by atoms with Crippen LogP contribution >= 0.6 is 0 Å². The van der Waals surface area contributed by atoms with Crippen molar-refractivity contribution in [2.24, 2.45) is 11.8 Å². The number of rotatable bonds is 7. The predicted octanol–water partition coefficient (Wildman–Crippen LogP) is 3.26. The van der Waals surface area contributed by atoms with Crippen LogP contribution in [0.5, 0.6) is 0 Å². The van der Waals surface area contributed by atoms with Crippen LogP contribution in [-0.2, 0) is 27.3 Å². The summed E-state index contributed by atoms with van der Waals surface area (Å²) in [6, 6.07) is 25.6. The summed E-state index contributed by atoms with van der Waals surface area (Å²) in [5, 5.41) is 13.9. The van der Waals surface area contributed by atoms with E-state index in [1.54, 1.807) is 0 Å². The zero-order valence-electron chi connectivity index (χ0n) is 20.3. The van der Waals surface area contributed by atoms with Crippen molar-refractivity contribution in [3.05, 3.63) is 102 Å². The van der Waals surface area contributed by atoms with Crippen LogP contribution in [0.4, 0.5) is 5.69 Å². The average molecular weight is 484 g/mol. The number of likely N-dealkylation sites (tertiary alicyclic amines) is 1. The number of amides is 2. The van der Waals surface area contributed by atoms with E-state index in [4.69, 9.17) is 0 Å². The second-order valence-electron chi connectivity index (χ2n) is 9.80. The zero-order valence-corrected chi connectivity index (χ0v) is 20.3. The molecule has 7 nitrogen and oxygen atoms in total. The molecule has 2 amide bonds. The van der Waals surface area contributed by atoms with Crippen molar-refractivity contribution in [3.63, 3.8) is 0 Å². The zero-order chi connectivity index (χ0) is 25.4. The third-order valence-electron chi connectivity index (χ3n) is 7.41. The van der Waals surface area contributed by atoms with Crippen molar-refractivity contribution in [2.75, 3.05) is 19.0 Å². The highest BCUT2D eigenvalue weighted by Crippen LogP contribution is 2.50. The van der Waals surface area contributed by atoms with Gasteiger partial charge in [0.05, 0.1) is 18.4 Å². The van der Waals surface area contributed by atoms with Crippen molar-refractivity contribution in [1.29, 1.82) is 0 Å². The fourth-order valence-electron chi connectivity index (χ4n) is 5.60. The summed E-state index contributed by atoms with van der Waals surface area (Å²) >= 11 is 0. The van der Waals surface area contributed by atoms with Crippen LogP contribution in [-0.4, -0.2) is 47.4 Å². The molecule has 2 N–H and O–H groups in total. The van der Waals surface area contributed by atoms with Crippen LogP contribution in [0.2, 0.25) is 0 Å². The van der Waals surface area contributed by atoms with Crippen LogP contribution in [0.25, 0.3) is 0 Å². The van der Waals surface area contributed by atoms with Crippen molar-refractivity contribution in [3.8, 4) is 0 Å². The number of nitrogens with zero attached hydrogens (tertiary/aromatic N) is 2. The molecular weight excluding hydrogens is 454 g/mol. The minimum Gasteiger partial charge on any atom is -0.480 e. The van der Waals surface area contributed by atoms with E-state index in [9.17, 15) is 19.5 Å². The van der Waals surface area contributed by atoms with Gasteiger partial charge in [-0.3, -0.25) is 24.6 Å². The molecule has 2 fully saturated rings. The van der Waals surface area contributed by atoms with Gasteiger partial charge in [-0.2, -0.15) is 0 Å². The first kappa shape index (κ1) is 23.8. The van der Waals surface area contributed by atoms with Gasteiger partial charge in [-0.1, -0.05) is 72.8 Å². The molecule has 184 valence electrons. The maximum Gasteiger partial charge on any atom is 0.325 e. The number of hydrogen-bond donors (Lipinski definition) is 2. The van der Waals surface area contributed by atoms with E-state index < -0.39 is 35.3 Å². The van der Waals surface area contributed by atoms with Gasteiger partial charge in [0.15, 0.2) is 0 Å². The lowest BCUT2D eigenvalue weighted by molar-refractivity contribution is -0.151. The van der Waals surface area contributed by atoms with E-state index in [0.717, 1.165) is 22.4 Å². The van der Waals surface area contributed by atoms with Gasteiger partial charge in [-0.15, -0.1) is 0 Å². The monoisotopic (exact) mass is 483 g/mol. The van der Waals surface area contributed by atoms with E-state index >= 15 is 0 Å². The molecule has 0 saturated carbocycles. The van der Waals surface area contributed by atoms with Gasteiger partial charge in [0.1, 0.15) is 5.54 Å². The maximum atomic E-state index is 13.8. The Morgan fingerprint density at radius 3 is 2.03 bits per heavy atom. The van der Waals surface area contributed by atoms with Gasteiger partial charge in [-0.25, -0.2) is 0 Å². The molecule has 0 bridgehead atoms. The molecular formula is C29H29N3O4. The summed E-state index contributed by atoms with van der Waals surface area (Å²) in [5.74, 6) is -3.74. The number of fused-ring (bicyclic) bond motifs is 1. The quantitative estimate of drug-likeness (QED) is 0.502. The van der Waals surface area contributed by atoms with Crippen LogP contribution < -0.4 is 10.2 Å². The number of nitrogens with one attached hydrogen (secondary N) is 1. The molecule has 5 rings (SSSR count). The Hall–Kier alpha value is -3.97. The van der Waals surface area contributed by atoms with E-state index in [1.165, 1.54) is 4.90 Å².